The summed E-state index contributed by atoms with van der Waals surface area (Å²) in [5.41, 5.74) is 0.905. The number of nitrogens with zero attached hydrogens (tertiary/aromatic N) is 1. The molecule has 25 heavy (non-hydrogen) atoms. The van der Waals surface area contributed by atoms with E-state index in [0.29, 0.717) is 32.8 Å². The van der Waals surface area contributed by atoms with E-state index in [-0.39, 0.29) is 19.1 Å². The van der Waals surface area contributed by atoms with Gasteiger partial charge in [0.15, 0.2) is 0 Å². The second-order valence-electron chi connectivity index (χ2n) is 5.67. The molecule has 0 aliphatic heterocycles. The Balaban J connectivity index is 2.32. The second-order valence-corrected chi connectivity index (χ2v) is 5.67. The smallest absolute Gasteiger partial charge is 0.307 e. The van der Waals surface area contributed by atoms with Crippen molar-refractivity contribution in [3.8, 4) is 0 Å². The van der Waals surface area contributed by atoms with Crippen molar-refractivity contribution in [1.29, 1.82) is 0 Å². The lowest BCUT2D eigenvalue weighted by molar-refractivity contribution is -0.146. The van der Waals surface area contributed by atoms with Crippen LogP contribution in [0.15, 0.2) is 30.3 Å². The highest BCUT2D eigenvalue weighted by Gasteiger charge is 2.23. The fourth-order valence-corrected chi connectivity index (χ4v) is 2.16. The van der Waals surface area contributed by atoms with Crippen molar-refractivity contribution in [2.45, 2.75) is 12.8 Å². The first kappa shape index (κ1) is 21.1. The molecule has 1 N–H and O–H groups in total. The average molecular weight is 353 g/mol. The fourth-order valence-electron chi connectivity index (χ4n) is 2.16. The number of carbonyl (C=O) groups is 2. The van der Waals surface area contributed by atoms with Crippen molar-refractivity contribution < 1.29 is 28.9 Å². The van der Waals surface area contributed by atoms with Crippen LogP contribution in [0.1, 0.15) is 12.0 Å². The van der Waals surface area contributed by atoms with Gasteiger partial charge in [0, 0.05) is 27.1 Å². The zero-order chi connectivity index (χ0) is 18.5. The Bertz CT molecular complexity index is 508. The van der Waals surface area contributed by atoms with Crippen molar-refractivity contribution in [3.63, 3.8) is 0 Å². The number of ether oxygens (including phenoxy) is 3. The maximum atomic E-state index is 12.2. The van der Waals surface area contributed by atoms with Crippen LogP contribution >= 0.6 is 0 Å². The summed E-state index contributed by atoms with van der Waals surface area (Å²) >= 11 is 0. The first-order valence-electron chi connectivity index (χ1n) is 8.19. The molecule has 1 aromatic rings. The monoisotopic (exact) mass is 353 g/mol. The summed E-state index contributed by atoms with van der Waals surface area (Å²) in [7, 11) is 3.23. The molecular formula is C18H27NO6. The van der Waals surface area contributed by atoms with Crippen LogP contribution in [-0.2, 0) is 30.2 Å². The number of hydrogen-bond acceptors (Lipinski definition) is 5. The largest absolute Gasteiger partial charge is 0.481 e. The SMILES string of the molecule is COCCOCOCCN(C)C(=O)C[C@@H](Cc1ccccc1)C(=O)O. The van der Waals surface area contributed by atoms with Gasteiger partial charge >= 0.3 is 5.97 Å². The molecule has 1 atom stereocenters. The second kappa shape index (κ2) is 12.4. The van der Waals surface area contributed by atoms with Gasteiger partial charge in [-0.2, -0.15) is 0 Å². The summed E-state index contributed by atoms with van der Waals surface area (Å²) in [5, 5.41) is 9.36. The lowest BCUT2D eigenvalue weighted by Gasteiger charge is -2.20. The maximum absolute atomic E-state index is 12.2. The summed E-state index contributed by atoms with van der Waals surface area (Å²) in [6.45, 7) is 1.79. The molecule has 0 aliphatic rings. The van der Waals surface area contributed by atoms with Crippen molar-refractivity contribution in [2.24, 2.45) is 5.92 Å². The molecule has 1 aromatic carbocycles. The molecule has 0 saturated heterocycles. The van der Waals surface area contributed by atoms with Crippen LogP contribution in [0.25, 0.3) is 0 Å². The predicted octanol–water partition coefficient (Wildman–Crippen LogP) is 1.42. The van der Waals surface area contributed by atoms with Gasteiger partial charge in [0.2, 0.25) is 5.91 Å². The van der Waals surface area contributed by atoms with Gasteiger partial charge in [-0.3, -0.25) is 9.59 Å². The van der Waals surface area contributed by atoms with E-state index in [1.54, 1.807) is 14.2 Å². The first-order valence-corrected chi connectivity index (χ1v) is 8.19. The Labute approximate surface area is 148 Å². The zero-order valence-corrected chi connectivity index (χ0v) is 14.8. The third-order valence-corrected chi connectivity index (χ3v) is 3.69. The molecule has 7 heteroatoms. The van der Waals surface area contributed by atoms with Gasteiger partial charge in [-0.05, 0) is 12.0 Å². The number of likely N-dealkylation sites (N-methyl/N-ethyl adjacent to an activating group) is 1. The molecule has 0 aromatic heterocycles. The normalized spacial score (nSPS) is 11.9. The lowest BCUT2D eigenvalue weighted by Crippen LogP contribution is -2.33. The molecule has 1 rings (SSSR count). The quantitative estimate of drug-likeness (QED) is 0.426. The Morgan fingerprint density at radius 1 is 1.12 bits per heavy atom. The summed E-state index contributed by atoms with van der Waals surface area (Å²) in [6.07, 6.45) is 0.296. The number of aliphatic carboxylic acids is 1. The van der Waals surface area contributed by atoms with Crippen molar-refractivity contribution in [2.75, 3.05) is 47.3 Å². The van der Waals surface area contributed by atoms with Crippen LogP contribution in [-0.4, -0.2) is 69.2 Å². The van der Waals surface area contributed by atoms with Crippen LogP contribution in [0.3, 0.4) is 0 Å². The van der Waals surface area contributed by atoms with Gasteiger partial charge in [0.05, 0.1) is 25.7 Å². The van der Waals surface area contributed by atoms with Crippen LogP contribution in [0.4, 0.5) is 0 Å². The van der Waals surface area contributed by atoms with E-state index in [1.165, 1.54) is 4.90 Å². The zero-order valence-electron chi connectivity index (χ0n) is 14.8. The minimum Gasteiger partial charge on any atom is -0.481 e. The van der Waals surface area contributed by atoms with Gasteiger partial charge in [-0.25, -0.2) is 0 Å². The van der Waals surface area contributed by atoms with Crippen LogP contribution in [0, 0.1) is 5.92 Å². The number of hydrogen-bond donors (Lipinski definition) is 1. The number of carbonyl (C=O) groups excluding carboxylic acids is 1. The topological polar surface area (TPSA) is 85.3 Å². The number of carboxylic acids is 1. The van der Waals surface area contributed by atoms with Gasteiger partial charge in [-0.15, -0.1) is 0 Å². The van der Waals surface area contributed by atoms with E-state index in [4.69, 9.17) is 14.2 Å². The van der Waals surface area contributed by atoms with Crippen LogP contribution in [0.5, 0.6) is 0 Å². The minimum absolute atomic E-state index is 0.0366. The van der Waals surface area contributed by atoms with E-state index in [2.05, 4.69) is 0 Å². The van der Waals surface area contributed by atoms with Crippen LogP contribution < -0.4 is 0 Å². The lowest BCUT2D eigenvalue weighted by atomic mass is 9.96. The van der Waals surface area contributed by atoms with E-state index in [9.17, 15) is 14.7 Å². The fraction of sp³-hybridized carbons (Fsp3) is 0.556. The number of amides is 1. The highest BCUT2D eigenvalue weighted by molar-refractivity contribution is 5.82. The molecule has 0 aliphatic carbocycles. The van der Waals surface area contributed by atoms with Gasteiger partial charge in [0.1, 0.15) is 6.79 Å². The summed E-state index contributed by atoms with van der Waals surface area (Å²) in [5.74, 6) is -1.92. The summed E-state index contributed by atoms with van der Waals surface area (Å²) in [4.78, 5) is 25.1. The van der Waals surface area contributed by atoms with Gasteiger partial charge < -0.3 is 24.2 Å². The molecule has 0 radical (unpaired) electrons. The number of methoxy groups -OCH3 is 1. The van der Waals surface area contributed by atoms with Crippen LogP contribution in [0.2, 0.25) is 0 Å². The Morgan fingerprint density at radius 2 is 1.80 bits per heavy atom. The van der Waals surface area contributed by atoms with Gasteiger partial charge in [-0.1, -0.05) is 30.3 Å². The van der Waals surface area contributed by atoms with E-state index >= 15 is 0 Å². The number of carboxylic acid groups (broad SMARTS) is 1. The first-order chi connectivity index (χ1) is 12.0. The van der Waals surface area contributed by atoms with Crippen molar-refractivity contribution >= 4 is 11.9 Å². The van der Waals surface area contributed by atoms with E-state index in [1.807, 2.05) is 30.3 Å². The molecule has 0 bridgehead atoms. The Morgan fingerprint density at radius 3 is 2.44 bits per heavy atom. The third-order valence-electron chi connectivity index (χ3n) is 3.69. The molecule has 7 nitrogen and oxygen atoms in total. The summed E-state index contributed by atoms with van der Waals surface area (Å²) < 4.78 is 15.2. The highest BCUT2D eigenvalue weighted by atomic mass is 16.7. The maximum Gasteiger partial charge on any atom is 0.307 e. The van der Waals surface area contributed by atoms with E-state index in [0.717, 1.165) is 5.56 Å². The molecule has 0 heterocycles. The Kier molecular flexibility index (Phi) is 10.5. The Hall–Kier alpha value is -1.96. The standard InChI is InChI=1S/C18H27NO6/c1-19(8-9-24-14-25-11-10-23-2)17(20)13-16(18(21)22)12-15-6-4-3-5-7-15/h3-7,16H,8-14H2,1-2H3,(H,21,22)/t16-/m1/s1. The third kappa shape index (κ3) is 9.19. The van der Waals surface area contributed by atoms with Gasteiger partial charge in [0.25, 0.3) is 0 Å². The van der Waals surface area contributed by atoms with Crippen molar-refractivity contribution in [3.05, 3.63) is 35.9 Å². The summed E-state index contributed by atoms with van der Waals surface area (Å²) in [6, 6.07) is 9.31. The van der Waals surface area contributed by atoms with E-state index < -0.39 is 11.9 Å². The molecular weight excluding hydrogens is 326 g/mol. The van der Waals surface area contributed by atoms with Crippen molar-refractivity contribution in [1.82, 2.24) is 4.90 Å². The average Bonchev–Trinajstić information content (AvgIpc) is 2.60. The molecule has 0 saturated carbocycles. The minimum atomic E-state index is -0.964. The molecule has 0 unspecified atom stereocenters. The highest BCUT2D eigenvalue weighted by Crippen LogP contribution is 2.14. The molecule has 0 spiro atoms. The molecule has 1 amide bonds. The number of rotatable bonds is 13. The number of benzene rings is 1. The predicted molar refractivity (Wildman–Crippen MR) is 92.2 cm³/mol. The molecule has 0 fully saturated rings. The molecule has 140 valence electrons.